The second-order valence-corrected chi connectivity index (χ2v) is 14.4. The van der Waals surface area contributed by atoms with Gasteiger partial charge in [0.15, 0.2) is 0 Å². The molecule has 0 aliphatic carbocycles. The maximum absolute atomic E-state index is 13.7. The highest BCUT2D eigenvalue weighted by Gasteiger charge is 2.32. The topological polar surface area (TPSA) is 155 Å². The molecule has 1 aliphatic rings. The maximum Gasteiger partial charge on any atom is 0.410 e. The highest BCUT2D eigenvalue weighted by atomic mass is 32.2. The van der Waals surface area contributed by atoms with Crippen molar-refractivity contribution in [1.82, 2.24) is 20.0 Å². The van der Waals surface area contributed by atoms with Crippen LogP contribution in [0.3, 0.4) is 0 Å². The van der Waals surface area contributed by atoms with Gasteiger partial charge in [0.05, 0.1) is 17.9 Å². The van der Waals surface area contributed by atoms with Crippen molar-refractivity contribution in [3.05, 3.63) is 71.8 Å². The quantitative estimate of drug-likeness (QED) is 0.203. The fraction of sp³-hybridized carbons (Fsp3) is 0.441. The number of amides is 3. The van der Waals surface area contributed by atoms with E-state index in [1.165, 1.54) is 25.3 Å². The Morgan fingerprint density at radius 2 is 1.72 bits per heavy atom. The molecule has 3 aromatic rings. The van der Waals surface area contributed by atoms with Crippen LogP contribution in [0.15, 0.2) is 65.6 Å². The summed E-state index contributed by atoms with van der Waals surface area (Å²) in [6.07, 6.45) is 0.765. The summed E-state index contributed by atoms with van der Waals surface area (Å²) in [6, 6.07) is 17.5. The van der Waals surface area contributed by atoms with Crippen molar-refractivity contribution in [3.63, 3.8) is 0 Å². The Bertz CT molecular complexity index is 1690. The number of fused-ring (bicyclic) bond motifs is 1. The van der Waals surface area contributed by atoms with Crippen LogP contribution in [0.5, 0.6) is 5.75 Å². The fourth-order valence-corrected chi connectivity index (χ4v) is 7.08. The van der Waals surface area contributed by atoms with Gasteiger partial charge in [-0.25, -0.2) is 23.4 Å². The number of rotatable bonds is 11. The van der Waals surface area contributed by atoms with Gasteiger partial charge >= 0.3 is 6.09 Å². The zero-order valence-electron chi connectivity index (χ0n) is 27.5. The molecule has 13 heteroatoms. The number of nitrogens with zero attached hydrogens (tertiary/aromatic N) is 2. The van der Waals surface area contributed by atoms with Crippen molar-refractivity contribution < 1.29 is 37.5 Å². The summed E-state index contributed by atoms with van der Waals surface area (Å²) in [4.78, 5) is 41.6. The smallest absolute Gasteiger partial charge is 0.410 e. The Morgan fingerprint density at radius 1 is 1.04 bits per heavy atom. The molecular formula is C34H44N4O8S. The van der Waals surface area contributed by atoms with E-state index >= 15 is 0 Å². The van der Waals surface area contributed by atoms with E-state index in [0.717, 1.165) is 16.3 Å². The largest absolute Gasteiger partial charge is 0.497 e. The number of methoxy groups -OCH3 is 1. The molecule has 0 aromatic heterocycles. The normalized spacial score (nSPS) is 14.8. The number of piperidine rings is 1. The number of carbonyl (C=O) groups excluding carboxylic acids is 3. The van der Waals surface area contributed by atoms with Crippen LogP contribution in [0, 0.1) is 0 Å². The van der Waals surface area contributed by atoms with Gasteiger partial charge < -0.3 is 19.3 Å². The first-order valence-corrected chi connectivity index (χ1v) is 17.0. The molecule has 3 aromatic carbocycles. The van der Waals surface area contributed by atoms with Crippen LogP contribution >= 0.6 is 0 Å². The van der Waals surface area contributed by atoms with Crippen LogP contribution in [0.2, 0.25) is 0 Å². The number of likely N-dealkylation sites (tertiary alicyclic amines) is 1. The highest BCUT2D eigenvalue weighted by Crippen LogP contribution is 2.33. The van der Waals surface area contributed by atoms with Crippen LogP contribution in [0.1, 0.15) is 57.1 Å². The van der Waals surface area contributed by atoms with Gasteiger partial charge in [-0.2, -0.15) is 0 Å². The van der Waals surface area contributed by atoms with Gasteiger partial charge in [-0.05, 0) is 80.1 Å². The molecule has 0 saturated carbocycles. The predicted molar refractivity (Wildman–Crippen MR) is 177 cm³/mol. The van der Waals surface area contributed by atoms with Crippen LogP contribution in [0.25, 0.3) is 10.8 Å². The minimum Gasteiger partial charge on any atom is -0.497 e. The van der Waals surface area contributed by atoms with E-state index in [1.54, 1.807) is 43.1 Å². The fourth-order valence-electron chi connectivity index (χ4n) is 5.80. The summed E-state index contributed by atoms with van der Waals surface area (Å²) in [7, 11) is -1.08. The summed E-state index contributed by atoms with van der Waals surface area (Å²) >= 11 is 0. The van der Waals surface area contributed by atoms with Crippen LogP contribution in [-0.2, 0) is 30.8 Å². The lowest BCUT2D eigenvalue weighted by Crippen LogP contribution is -2.48. The summed E-state index contributed by atoms with van der Waals surface area (Å²) in [5.74, 6) is -1.74. The number of nitrogens with one attached hydrogen (secondary N) is 2. The standard InChI is InChI=1S/C34H44N4O8S/c1-34(2,3)46-33(41)37(4)25-16-19-38(20-17-25)31(39)15-18-35-47(43,44)30-14-13-26(45-5)22-28(30)29(32(40)36-42)21-24-11-8-10-23-9-6-7-12-27(23)24/h6-14,22,25,29,35,42H,15-21H2,1-5H3,(H,36,40). The molecule has 1 saturated heterocycles. The maximum atomic E-state index is 13.7. The summed E-state index contributed by atoms with van der Waals surface area (Å²) < 4.78 is 40.6. The molecule has 0 spiro atoms. The summed E-state index contributed by atoms with van der Waals surface area (Å²) in [5, 5.41) is 11.5. The van der Waals surface area contributed by atoms with Crippen molar-refractivity contribution >= 4 is 38.7 Å². The van der Waals surface area contributed by atoms with Crippen molar-refractivity contribution in [2.24, 2.45) is 0 Å². The zero-order valence-corrected chi connectivity index (χ0v) is 28.3. The van der Waals surface area contributed by atoms with E-state index in [4.69, 9.17) is 9.47 Å². The van der Waals surface area contributed by atoms with E-state index in [0.29, 0.717) is 31.7 Å². The van der Waals surface area contributed by atoms with Gasteiger partial charge in [-0.1, -0.05) is 42.5 Å². The molecule has 254 valence electrons. The van der Waals surface area contributed by atoms with E-state index in [9.17, 15) is 28.0 Å². The number of carbonyl (C=O) groups is 3. The Hall–Kier alpha value is -4.20. The van der Waals surface area contributed by atoms with Gasteiger partial charge in [-0.15, -0.1) is 0 Å². The van der Waals surface area contributed by atoms with Crippen molar-refractivity contribution in [1.29, 1.82) is 0 Å². The van der Waals surface area contributed by atoms with Crippen molar-refractivity contribution in [3.8, 4) is 5.75 Å². The molecular weight excluding hydrogens is 624 g/mol. The van der Waals surface area contributed by atoms with E-state index in [-0.39, 0.29) is 41.8 Å². The number of hydroxylamine groups is 1. The third-order valence-electron chi connectivity index (χ3n) is 8.29. The summed E-state index contributed by atoms with van der Waals surface area (Å²) in [6.45, 7) is 6.11. The first kappa shape index (κ1) is 35.7. The second-order valence-electron chi connectivity index (χ2n) is 12.6. The number of sulfonamides is 1. The molecule has 1 fully saturated rings. The number of ether oxygens (including phenoxy) is 2. The average molecular weight is 669 g/mol. The van der Waals surface area contributed by atoms with Gasteiger partial charge in [0.1, 0.15) is 11.4 Å². The minimum absolute atomic E-state index is 0.0705. The zero-order chi connectivity index (χ0) is 34.4. The Morgan fingerprint density at radius 3 is 2.38 bits per heavy atom. The molecule has 12 nitrogen and oxygen atoms in total. The van der Waals surface area contributed by atoms with Gasteiger partial charge in [0.25, 0.3) is 5.91 Å². The summed E-state index contributed by atoms with van der Waals surface area (Å²) in [5.41, 5.74) is 2.02. The highest BCUT2D eigenvalue weighted by molar-refractivity contribution is 7.89. The lowest BCUT2D eigenvalue weighted by atomic mass is 9.89. The van der Waals surface area contributed by atoms with Crippen LogP contribution in [-0.4, -0.2) is 86.8 Å². The molecule has 1 atom stereocenters. The molecule has 3 amide bonds. The predicted octanol–water partition coefficient (Wildman–Crippen LogP) is 4.21. The number of benzene rings is 3. The number of hydrogen-bond donors (Lipinski definition) is 3. The third kappa shape index (κ3) is 8.99. The van der Waals surface area contributed by atoms with Gasteiger partial charge in [0.2, 0.25) is 15.9 Å². The molecule has 1 unspecified atom stereocenters. The molecule has 0 radical (unpaired) electrons. The van der Waals surface area contributed by atoms with Crippen molar-refractivity contribution in [2.75, 3.05) is 33.8 Å². The van der Waals surface area contributed by atoms with E-state index < -0.39 is 33.5 Å². The molecule has 1 aliphatic heterocycles. The van der Waals surface area contributed by atoms with Gasteiger partial charge in [-0.3, -0.25) is 14.8 Å². The lowest BCUT2D eigenvalue weighted by Gasteiger charge is -2.37. The molecule has 1 heterocycles. The van der Waals surface area contributed by atoms with Gasteiger partial charge in [0, 0.05) is 39.1 Å². The Labute approximate surface area is 276 Å². The molecule has 47 heavy (non-hydrogen) atoms. The SMILES string of the molecule is COc1ccc(S(=O)(=O)NCCC(=O)N2CCC(N(C)C(=O)OC(C)(C)C)CC2)c(C(Cc2cccc3ccccc23)C(=O)NO)c1. The van der Waals surface area contributed by atoms with E-state index in [2.05, 4.69) is 4.72 Å². The number of hydrogen-bond acceptors (Lipinski definition) is 8. The monoisotopic (exact) mass is 668 g/mol. The molecule has 0 bridgehead atoms. The van der Waals surface area contributed by atoms with Crippen LogP contribution in [0.4, 0.5) is 4.79 Å². The second kappa shape index (κ2) is 15.1. The molecule has 4 rings (SSSR count). The Kier molecular flexibility index (Phi) is 11.5. The van der Waals surface area contributed by atoms with E-state index in [1.807, 2.05) is 42.5 Å². The first-order valence-electron chi connectivity index (χ1n) is 15.6. The lowest BCUT2D eigenvalue weighted by molar-refractivity contribution is -0.132. The molecule has 3 N–H and O–H groups in total. The van der Waals surface area contributed by atoms with Crippen molar-refractivity contribution in [2.45, 2.75) is 68.9 Å². The average Bonchev–Trinajstić information content (AvgIpc) is 3.05. The third-order valence-corrected chi connectivity index (χ3v) is 9.82. The van der Waals surface area contributed by atoms with Crippen LogP contribution < -0.4 is 14.9 Å². The minimum atomic E-state index is -4.20. The Balaban J connectivity index is 1.45. The first-order chi connectivity index (χ1) is 22.2.